The van der Waals surface area contributed by atoms with Crippen LogP contribution in [0.3, 0.4) is 0 Å². The number of Topliss-reactive ketones (excluding diaryl/α,β-unsaturated/α-hetero) is 1. The number of unbranched alkanes of at least 4 members (excludes halogenated alkanes) is 8. The van der Waals surface area contributed by atoms with Crippen LogP contribution >= 0.6 is 0 Å². The van der Waals surface area contributed by atoms with Crippen LogP contribution in [0.1, 0.15) is 107 Å². The summed E-state index contributed by atoms with van der Waals surface area (Å²) >= 11 is 0. The molecule has 3 rings (SSSR count). The molecule has 262 valence electrons. The minimum Gasteiger partial charge on any atom is -0.480 e. The molecule has 3 aromatic carbocycles. The normalized spacial score (nSPS) is 13.9. The van der Waals surface area contributed by atoms with Crippen molar-refractivity contribution in [2.75, 3.05) is 6.61 Å². The predicted octanol–water partition coefficient (Wildman–Crippen LogP) is 7.63. The lowest BCUT2D eigenvalue weighted by molar-refractivity contribution is -0.154. The summed E-state index contributed by atoms with van der Waals surface area (Å²) in [6.45, 7) is 1.50. The lowest BCUT2D eigenvalue weighted by Crippen LogP contribution is -2.62. The van der Waals surface area contributed by atoms with Crippen molar-refractivity contribution in [3.8, 4) is 0 Å². The summed E-state index contributed by atoms with van der Waals surface area (Å²) in [6.07, 6.45) is 8.41. The molecule has 0 saturated heterocycles. The van der Waals surface area contributed by atoms with Gasteiger partial charge in [0.2, 0.25) is 0 Å². The lowest BCUT2D eigenvalue weighted by Gasteiger charge is -2.40. The zero-order valence-corrected chi connectivity index (χ0v) is 28.8. The molecule has 4 N–H and O–H groups in total. The number of aliphatic carboxylic acids is 1. The molecule has 0 amide bonds. The Kier molecular flexibility index (Phi) is 15.9. The van der Waals surface area contributed by atoms with Gasteiger partial charge >= 0.3 is 16.4 Å². The Morgan fingerprint density at radius 2 is 1.12 bits per heavy atom. The Bertz CT molecular complexity index is 1390. The molecule has 0 fully saturated rings. The fourth-order valence-electron chi connectivity index (χ4n) is 6.06. The van der Waals surface area contributed by atoms with Crippen molar-refractivity contribution >= 4 is 22.2 Å². The third-order valence-corrected chi connectivity index (χ3v) is 9.24. The standard InChI is InChI=1S/C38H51NO8S/c1-2-3-4-18-27-34(40)28-19-7-5-6-8-20-29-35(47-48(43,44)45)37(39,36(41)42)30-46-38(31-21-12-9-13-22-31,32-23-14-10-15-24-32)33-25-16-11-17-26-33/h9-17,21-26,35H,2-8,18-20,27-30,39H2,1H3,(H,41,42)(H,43,44,45)/t35-,37+/m1/s1. The fraction of sp³-hybridized carbons (Fsp3) is 0.474. The van der Waals surface area contributed by atoms with Crippen molar-refractivity contribution in [3.05, 3.63) is 108 Å². The Morgan fingerprint density at radius 1 is 0.708 bits per heavy atom. The largest absolute Gasteiger partial charge is 0.480 e. The van der Waals surface area contributed by atoms with Gasteiger partial charge in [0.1, 0.15) is 17.5 Å². The summed E-state index contributed by atoms with van der Waals surface area (Å²) in [5.41, 5.74) is 5.00. The van der Waals surface area contributed by atoms with Crippen molar-refractivity contribution in [3.63, 3.8) is 0 Å². The predicted molar refractivity (Wildman–Crippen MR) is 187 cm³/mol. The average Bonchev–Trinajstić information content (AvgIpc) is 3.08. The third-order valence-electron chi connectivity index (χ3n) is 8.76. The van der Waals surface area contributed by atoms with Gasteiger partial charge in [-0.1, -0.05) is 149 Å². The first-order valence-electron chi connectivity index (χ1n) is 17.0. The van der Waals surface area contributed by atoms with Crippen LogP contribution in [0.2, 0.25) is 0 Å². The Labute approximate surface area is 285 Å². The first kappa shape index (κ1) is 39.0. The summed E-state index contributed by atoms with van der Waals surface area (Å²) in [6, 6.07) is 27.9. The van der Waals surface area contributed by atoms with E-state index in [1.807, 2.05) is 91.0 Å². The van der Waals surface area contributed by atoms with Crippen molar-refractivity contribution in [1.82, 2.24) is 0 Å². The smallest absolute Gasteiger partial charge is 0.397 e. The lowest BCUT2D eigenvalue weighted by atomic mass is 9.79. The third kappa shape index (κ3) is 11.6. The quantitative estimate of drug-likeness (QED) is 0.0492. The number of benzene rings is 3. The zero-order chi connectivity index (χ0) is 34.9. The highest BCUT2D eigenvalue weighted by molar-refractivity contribution is 7.80. The SMILES string of the molecule is CCCCCCC(=O)CCCCCCCC[C@@H](OS(=O)(=O)O)[C@@](N)(COC(c1ccccc1)(c1ccccc1)c1ccccc1)C(=O)O. The highest BCUT2D eigenvalue weighted by Gasteiger charge is 2.49. The van der Waals surface area contributed by atoms with Crippen LogP contribution in [0, 0.1) is 0 Å². The molecule has 0 spiro atoms. The molecule has 0 aliphatic rings. The van der Waals surface area contributed by atoms with Crippen LogP contribution in [0.25, 0.3) is 0 Å². The van der Waals surface area contributed by atoms with E-state index in [4.69, 9.17) is 14.7 Å². The van der Waals surface area contributed by atoms with Gasteiger partial charge in [-0.3, -0.25) is 14.1 Å². The van der Waals surface area contributed by atoms with E-state index in [1.165, 1.54) is 0 Å². The van der Waals surface area contributed by atoms with Gasteiger partial charge < -0.3 is 15.6 Å². The molecule has 0 heterocycles. The van der Waals surface area contributed by atoms with Gasteiger partial charge in [0.05, 0.1) is 6.61 Å². The summed E-state index contributed by atoms with van der Waals surface area (Å²) < 4.78 is 45.2. The van der Waals surface area contributed by atoms with E-state index in [-0.39, 0.29) is 6.42 Å². The number of hydrogen-bond acceptors (Lipinski definition) is 7. The molecule has 0 aliphatic carbocycles. The topological polar surface area (TPSA) is 153 Å². The van der Waals surface area contributed by atoms with E-state index in [2.05, 4.69) is 6.92 Å². The van der Waals surface area contributed by atoms with Crippen LogP contribution in [-0.2, 0) is 34.5 Å². The second-order valence-electron chi connectivity index (χ2n) is 12.4. The number of carboxylic acid groups (broad SMARTS) is 1. The van der Waals surface area contributed by atoms with Gasteiger partial charge in [0.15, 0.2) is 5.54 Å². The second kappa shape index (κ2) is 19.6. The van der Waals surface area contributed by atoms with E-state index in [1.54, 1.807) is 0 Å². The Balaban J connectivity index is 1.75. The van der Waals surface area contributed by atoms with Crippen molar-refractivity contribution < 1.29 is 36.6 Å². The monoisotopic (exact) mass is 681 g/mol. The average molecular weight is 682 g/mol. The molecule has 0 aliphatic heterocycles. The van der Waals surface area contributed by atoms with E-state index < -0.39 is 40.2 Å². The number of hydrogen-bond donors (Lipinski definition) is 3. The first-order chi connectivity index (χ1) is 23.0. The molecule has 0 aromatic heterocycles. The van der Waals surface area contributed by atoms with Crippen LogP contribution in [0.5, 0.6) is 0 Å². The molecule has 48 heavy (non-hydrogen) atoms. The van der Waals surface area contributed by atoms with Gasteiger partial charge in [-0.2, -0.15) is 8.42 Å². The minimum atomic E-state index is -5.05. The molecule has 3 aromatic rings. The molecular weight excluding hydrogens is 630 g/mol. The molecule has 2 atom stereocenters. The zero-order valence-electron chi connectivity index (χ0n) is 28.0. The van der Waals surface area contributed by atoms with Crippen LogP contribution in [0.15, 0.2) is 91.0 Å². The van der Waals surface area contributed by atoms with Crippen molar-refractivity contribution in [1.29, 1.82) is 0 Å². The number of ether oxygens (including phenoxy) is 1. The molecule has 9 nitrogen and oxygen atoms in total. The second-order valence-corrected chi connectivity index (χ2v) is 13.5. The Hall–Kier alpha value is -3.41. The summed E-state index contributed by atoms with van der Waals surface area (Å²) in [5.74, 6) is -1.22. The minimum absolute atomic E-state index is 0.0444. The van der Waals surface area contributed by atoms with Crippen molar-refractivity contribution in [2.24, 2.45) is 5.73 Å². The van der Waals surface area contributed by atoms with E-state index in [9.17, 15) is 27.7 Å². The molecule has 10 heteroatoms. The van der Waals surface area contributed by atoms with Crippen LogP contribution < -0.4 is 5.73 Å². The van der Waals surface area contributed by atoms with Crippen LogP contribution in [0.4, 0.5) is 0 Å². The van der Waals surface area contributed by atoms with Gasteiger partial charge in [-0.15, -0.1) is 0 Å². The summed E-state index contributed by atoms with van der Waals surface area (Å²) in [4.78, 5) is 24.9. The maximum atomic E-state index is 12.8. The number of nitrogens with two attached hydrogens (primary N) is 1. The van der Waals surface area contributed by atoms with Gasteiger partial charge in [-0.05, 0) is 36.0 Å². The van der Waals surface area contributed by atoms with Gasteiger partial charge in [-0.25, -0.2) is 4.18 Å². The number of ketones is 1. The molecule has 0 radical (unpaired) electrons. The molecule has 0 unspecified atom stereocenters. The summed E-state index contributed by atoms with van der Waals surface area (Å²) in [7, 11) is -5.05. The van der Waals surface area contributed by atoms with E-state index in [0.29, 0.717) is 48.2 Å². The van der Waals surface area contributed by atoms with E-state index in [0.717, 1.165) is 51.4 Å². The van der Waals surface area contributed by atoms with E-state index >= 15 is 0 Å². The fourth-order valence-corrected chi connectivity index (χ4v) is 6.62. The maximum absolute atomic E-state index is 12.8. The maximum Gasteiger partial charge on any atom is 0.397 e. The van der Waals surface area contributed by atoms with Gasteiger partial charge in [0.25, 0.3) is 0 Å². The molecule has 0 bridgehead atoms. The Morgan fingerprint density at radius 3 is 1.54 bits per heavy atom. The first-order valence-corrected chi connectivity index (χ1v) is 18.4. The molecule has 0 saturated carbocycles. The van der Waals surface area contributed by atoms with Crippen molar-refractivity contribution in [2.45, 2.75) is 108 Å². The number of carbonyl (C=O) groups is 2. The highest BCUT2D eigenvalue weighted by Crippen LogP contribution is 2.41. The number of carbonyl (C=O) groups excluding carboxylic acids is 1. The number of rotatable bonds is 24. The summed E-state index contributed by atoms with van der Waals surface area (Å²) in [5, 5.41) is 10.4. The van der Waals surface area contributed by atoms with Gasteiger partial charge in [0, 0.05) is 12.8 Å². The number of carboxylic acids is 1. The van der Waals surface area contributed by atoms with Crippen LogP contribution in [-0.4, -0.2) is 48.1 Å². The highest BCUT2D eigenvalue weighted by atomic mass is 32.3. The molecular formula is C38H51NO8S.